The summed E-state index contributed by atoms with van der Waals surface area (Å²) in [5.41, 5.74) is -3.41. The summed E-state index contributed by atoms with van der Waals surface area (Å²) in [4.78, 5) is 0. The predicted octanol–water partition coefficient (Wildman–Crippen LogP) is 3.17. The van der Waals surface area contributed by atoms with Gasteiger partial charge in [0.15, 0.2) is 16.8 Å². The van der Waals surface area contributed by atoms with Crippen LogP contribution in [0.5, 0.6) is 0 Å². The largest absolute Gasteiger partial charge is 0.337 e. The molecule has 0 radical (unpaired) electrons. The van der Waals surface area contributed by atoms with E-state index < -0.39 is 25.4 Å². The van der Waals surface area contributed by atoms with Gasteiger partial charge in [0.2, 0.25) is 0 Å². The van der Waals surface area contributed by atoms with E-state index in [1.807, 2.05) is 18.2 Å². The van der Waals surface area contributed by atoms with Crippen molar-refractivity contribution in [2.45, 2.75) is 58.3 Å². The molecule has 0 aliphatic carbocycles. The monoisotopic (exact) mass is 283 g/mol. The molecule has 0 rings (SSSR count). The van der Waals surface area contributed by atoms with Gasteiger partial charge in [-0.3, -0.25) is 13.6 Å². The van der Waals surface area contributed by atoms with Gasteiger partial charge in [-0.1, -0.05) is 0 Å². The average molecular weight is 283 g/mol. The molecule has 0 fully saturated rings. The Labute approximate surface area is 115 Å². The quantitative estimate of drug-likeness (QED) is 0.694. The molecule has 0 bridgehead atoms. The molecule has 7 heteroatoms. The average Bonchev–Trinajstić information content (AvgIpc) is 2.27. The van der Waals surface area contributed by atoms with Crippen molar-refractivity contribution in [2.75, 3.05) is 0 Å². The van der Waals surface area contributed by atoms with Crippen LogP contribution in [0.25, 0.3) is 0 Å². The van der Waals surface area contributed by atoms with Gasteiger partial charge in [0.05, 0.1) is 18.2 Å². The first-order chi connectivity index (χ1) is 8.47. The molecule has 0 aromatic rings. The Bertz CT molecular complexity index is 374. The summed E-state index contributed by atoms with van der Waals surface area (Å²) in [6.45, 7) is 9.30. The first-order valence-electron chi connectivity index (χ1n) is 5.58. The van der Waals surface area contributed by atoms with Gasteiger partial charge in [0, 0.05) is 0 Å². The van der Waals surface area contributed by atoms with Gasteiger partial charge >= 0.3 is 8.60 Å². The van der Waals surface area contributed by atoms with Crippen LogP contribution in [0.4, 0.5) is 0 Å². The molecule has 0 aliphatic heterocycles. The van der Waals surface area contributed by atoms with Crippen molar-refractivity contribution in [3.05, 3.63) is 0 Å². The molecule has 0 N–H and O–H groups in total. The number of hydrogen-bond acceptors (Lipinski definition) is 6. The standard InChI is InChI=1S/C12H18N3O3P/c1-10(2,7-13)16-19(17-11(3,4)8-14)18-12(5,6)9-15/h1-6H3. The summed E-state index contributed by atoms with van der Waals surface area (Å²) in [6.07, 6.45) is 0. The van der Waals surface area contributed by atoms with Crippen LogP contribution in [-0.4, -0.2) is 16.8 Å². The molecule has 0 saturated heterocycles. The zero-order valence-corrected chi connectivity index (χ0v) is 12.9. The van der Waals surface area contributed by atoms with E-state index >= 15 is 0 Å². The van der Waals surface area contributed by atoms with E-state index in [9.17, 15) is 0 Å². The van der Waals surface area contributed by atoms with E-state index in [0.717, 1.165) is 0 Å². The third-order valence-electron chi connectivity index (χ3n) is 1.72. The molecular weight excluding hydrogens is 265 g/mol. The van der Waals surface area contributed by atoms with Gasteiger partial charge < -0.3 is 0 Å². The Morgan fingerprint density at radius 2 is 0.842 bits per heavy atom. The fourth-order valence-corrected chi connectivity index (χ4v) is 2.03. The molecule has 0 amide bonds. The summed E-state index contributed by atoms with van der Waals surface area (Å²) in [5.74, 6) is 0. The van der Waals surface area contributed by atoms with Gasteiger partial charge in [-0.2, -0.15) is 15.8 Å². The number of rotatable bonds is 6. The SMILES string of the molecule is CC(C)(C#N)OP(OC(C)(C)C#N)OC(C)(C)C#N. The second kappa shape index (κ2) is 6.29. The van der Waals surface area contributed by atoms with Crippen LogP contribution in [0.15, 0.2) is 0 Å². The first kappa shape index (κ1) is 17.8. The fourth-order valence-electron chi connectivity index (χ4n) is 0.676. The maximum absolute atomic E-state index is 8.95. The maximum atomic E-state index is 8.95. The summed E-state index contributed by atoms with van der Waals surface area (Å²) in [7, 11) is -2.01. The highest BCUT2D eigenvalue weighted by molar-refractivity contribution is 7.41. The van der Waals surface area contributed by atoms with Gasteiger partial charge in [-0.05, 0) is 41.5 Å². The minimum absolute atomic E-state index is 1.14. The summed E-state index contributed by atoms with van der Waals surface area (Å²) < 4.78 is 16.3. The van der Waals surface area contributed by atoms with Gasteiger partial charge in [-0.15, -0.1) is 0 Å². The molecule has 0 unspecified atom stereocenters. The minimum atomic E-state index is -2.01. The Kier molecular flexibility index (Phi) is 5.88. The summed E-state index contributed by atoms with van der Waals surface area (Å²) >= 11 is 0. The molecule has 0 aromatic carbocycles. The lowest BCUT2D eigenvalue weighted by atomic mass is 10.2. The molecule has 0 saturated carbocycles. The Morgan fingerprint density at radius 1 is 0.632 bits per heavy atom. The highest BCUT2D eigenvalue weighted by Crippen LogP contribution is 2.49. The van der Waals surface area contributed by atoms with Crippen LogP contribution >= 0.6 is 8.60 Å². The third kappa shape index (κ3) is 7.06. The van der Waals surface area contributed by atoms with E-state index in [0.29, 0.717) is 0 Å². The fraction of sp³-hybridized carbons (Fsp3) is 0.750. The van der Waals surface area contributed by atoms with Crippen molar-refractivity contribution >= 4 is 8.60 Å². The topological polar surface area (TPSA) is 99.1 Å². The van der Waals surface area contributed by atoms with E-state index in [4.69, 9.17) is 29.4 Å². The Morgan fingerprint density at radius 3 is 1.00 bits per heavy atom. The summed E-state index contributed by atoms with van der Waals surface area (Å²) in [5, 5.41) is 26.8. The van der Waals surface area contributed by atoms with E-state index in [-0.39, 0.29) is 0 Å². The third-order valence-corrected chi connectivity index (χ3v) is 3.53. The Balaban J connectivity index is 5.04. The van der Waals surface area contributed by atoms with Crippen molar-refractivity contribution in [2.24, 2.45) is 0 Å². The second-order valence-electron chi connectivity index (χ2n) is 5.36. The molecule has 0 atom stereocenters. The molecule has 6 nitrogen and oxygen atoms in total. The zero-order valence-electron chi connectivity index (χ0n) is 12.0. The van der Waals surface area contributed by atoms with Crippen LogP contribution in [0.2, 0.25) is 0 Å². The number of hydrogen-bond donors (Lipinski definition) is 0. The molecule has 0 spiro atoms. The highest BCUT2D eigenvalue weighted by atomic mass is 31.2. The number of nitriles is 3. The Hall–Kier alpha value is -1.22. The van der Waals surface area contributed by atoms with Crippen LogP contribution in [-0.2, 0) is 13.6 Å². The van der Waals surface area contributed by atoms with Crippen LogP contribution in [0.3, 0.4) is 0 Å². The van der Waals surface area contributed by atoms with Crippen LogP contribution < -0.4 is 0 Å². The lowest BCUT2D eigenvalue weighted by molar-refractivity contribution is 0.0334. The van der Waals surface area contributed by atoms with Gasteiger partial charge in [0.1, 0.15) is 0 Å². The van der Waals surface area contributed by atoms with Crippen molar-refractivity contribution in [3.63, 3.8) is 0 Å². The maximum Gasteiger partial charge on any atom is 0.337 e. The molecule has 0 heterocycles. The van der Waals surface area contributed by atoms with Gasteiger partial charge in [0.25, 0.3) is 0 Å². The predicted molar refractivity (Wildman–Crippen MR) is 69.3 cm³/mol. The molecule has 104 valence electrons. The van der Waals surface area contributed by atoms with Crippen LogP contribution in [0, 0.1) is 34.0 Å². The second-order valence-corrected chi connectivity index (χ2v) is 6.36. The first-order valence-corrected chi connectivity index (χ1v) is 6.68. The van der Waals surface area contributed by atoms with E-state index in [2.05, 4.69) is 0 Å². The lowest BCUT2D eigenvalue weighted by Gasteiger charge is -2.30. The number of nitrogens with zero attached hydrogens (tertiary/aromatic N) is 3. The molecule has 0 aromatic heterocycles. The van der Waals surface area contributed by atoms with Gasteiger partial charge in [-0.25, -0.2) is 0 Å². The van der Waals surface area contributed by atoms with E-state index in [1.54, 1.807) is 41.5 Å². The lowest BCUT2D eigenvalue weighted by Crippen LogP contribution is -2.28. The van der Waals surface area contributed by atoms with Crippen molar-refractivity contribution < 1.29 is 13.6 Å². The normalized spacial score (nSPS) is 12.6. The minimum Gasteiger partial charge on any atom is -0.291 e. The van der Waals surface area contributed by atoms with Crippen molar-refractivity contribution in [3.8, 4) is 18.2 Å². The van der Waals surface area contributed by atoms with E-state index in [1.165, 1.54) is 0 Å². The summed E-state index contributed by atoms with van der Waals surface area (Å²) in [6, 6.07) is 5.84. The van der Waals surface area contributed by atoms with Crippen molar-refractivity contribution in [1.82, 2.24) is 0 Å². The molecule has 0 aliphatic rings. The van der Waals surface area contributed by atoms with Crippen LogP contribution in [0.1, 0.15) is 41.5 Å². The van der Waals surface area contributed by atoms with Crippen molar-refractivity contribution in [1.29, 1.82) is 15.8 Å². The smallest absolute Gasteiger partial charge is 0.291 e. The highest BCUT2D eigenvalue weighted by Gasteiger charge is 2.36. The zero-order chi connectivity index (χ0) is 15.3. The molecule has 19 heavy (non-hydrogen) atoms. The molecular formula is C12H18N3O3P.